The van der Waals surface area contributed by atoms with Gasteiger partial charge in [0.2, 0.25) is 0 Å². The highest BCUT2D eigenvalue weighted by Crippen LogP contribution is 2.30. The van der Waals surface area contributed by atoms with Gasteiger partial charge in [0.15, 0.2) is 5.76 Å². The minimum Gasteiger partial charge on any atom is -0.456 e. The van der Waals surface area contributed by atoms with Gasteiger partial charge in [-0.05, 0) is 31.9 Å². The van der Waals surface area contributed by atoms with Gasteiger partial charge < -0.3 is 14.4 Å². The van der Waals surface area contributed by atoms with E-state index in [-0.39, 0.29) is 12.5 Å². The van der Waals surface area contributed by atoms with Gasteiger partial charge in [-0.25, -0.2) is 0 Å². The van der Waals surface area contributed by atoms with E-state index in [1.807, 2.05) is 0 Å². The average Bonchev–Trinajstić information content (AvgIpc) is 3.09. The average molecular weight is 276 g/mol. The molecule has 2 aromatic heterocycles. The Hall–Kier alpha value is -2.15. The van der Waals surface area contributed by atoms with Crippen molar-refractivity contribution in [3.05, 3.63) is 35.5 Å². The SMILES string of the molecule is Cc1ccc(C(=O)N2CCCC(O)(c3cn[nH]n3)C2)o1. The number of aliphatic hydroxyl groups is 1. The summed E-state index contributed by atoms with van der Waals surface area (Å²) in [5.74, 6) is 0.781. The molecule has 1 amide bonds. The lowest BCUT2D eigenvalue weighted by molar-refractivity contribution is -0.0328. The van der Waals surface area contributed by atoms with Crippen LogP contribution in [0.4, 0.5) is 0 Å². The normalized spacial score (nSPS) is 23.0. The number of furan rings is 1. The van der Waals surface area contributed by atoms with Crippen molar-refractivity contribution in [1.29, 1.82) is 0 Å². The number of carbonyl (C=O) groups excluding carboxylic acids is 1. The van der Waals surface area contributed by atoms with Crippen LogP contribution in [0.25, 0.3) is 0 Å². The molecule has 20 heavy (non-hydrogen) atoms. The number of β-amino-alcohol motifs (C(OH)–C–C–N with tert-alkyl or cyclic N) is 1. The Kier molecular flexibility index (Phi) is 3.06. The summed E-state index contributed by atoms with van der Waals surface area (Å²) in [5, 5.41) is 20.8. The van der Waals surface area contributed by atoms with Crippen LogP contribution in [-0.2, 0) is 5.60 Å². The lowest BCUT2D eigenvalue weighted by Gasteiger charge is -2.37. The minimum atomic E-state index is -1.15. The van der Waals surface area contributed by atoms with Gasteiger partial charge in [-0.1, -0.05) is 0 Å². The van der Waals surface area contributed by atoms with Gasteiger partial charge in [0.25, 0.3) is 5.91 Å². The van der Waals surface area contributed by atoms with E-state index in [1.54, 1.807) is 24.0 Å². The fourth-order valence-electron chi connectivity index (χ4n) is 2.55. The molecule has 3 heterocycles. The fourth-order valence-corrected chi connectivity index (χ4v) is 2.55. The number of carbonyl (C=O) groups is 1. The first-order valence-corrected chi connectivity index (χ1v) is 6.53. The Labute approximate surface area is 115 Å². The molecule has 1 unspecified atom stereocenters. The van der Waals surface area contributed by atoms with Crippen molar-refractivity contribution >= 4 is 5.91 Å². The van der Waals surface area contributed by atoms with Crippen LogP contribution >= 0.6 is 0 Å². The number of amides is 1. The summed E-state index contributed by atoms with van der Waals surface area (Å²) in [6, 6.07) is 3.41. The maximum absolute atomic E-state index is 12.3. The van der Waals surface area contributed by atoms with Gasteiger partial charge in [-0.15, -0.1) is 0 Å². The first-order valence-electron chi connectivity index (χ1n) is 6.53. The van der Waals surface area contributed by atoms with E-state index >= 15 is 0 Å². The first kappa shape index (κ1) is 12.9. The number of rotatable bonds is 2. The monoisotopic (exact) mass is 276 g/mol. The smallest absolute Gasteiger partial charge is 0.289 e. The van der Waals surface area contributed by atoms with E-state index in [0.29, 0.717) is 36.6 Å². The number of H-pyrrole nitrogens is 1. The minimum absolute atomic E-state index is 0.193. The lowest BCUT2D eigenvalue weighted by Crippen LogP contribution is -2.48. The Morgan fingerprint density at radius 3 is 3.05 bits per heavy atom. The Balaban J connectivity index is 1.80. The van der Waals surface area contributed by atoms with E-state index in [4.69, 9.17) is 4.42 Å². The van der Waals surface area contributed by atoms with Gasteiger partial charge in [-0.2, -0.15) is 15.4 Å². The fraction of sp³-hybridized carbons (Fsp3) is 0.462. The molecule has 0 bridgehead atoms. The summed E-state index contributed by atoms with van der Waals surface area (Å²) in [6.07, 6.45) is 2.75. The van der Waals surface area contributed by atoms with Gasteiger partial charge in [0.1, 0.15) is 17.1 Å². The zero-order chi connectivity index (χ0) is 14.2. The highest BCUT2D eigenvalue weighted by atomic mass is 16.4. The van der Waals surface area contributed by atoms with Crippen LogP contribution in [0.5, 0.6) is 0 Å². The zero-order valence-electron chi connectivity index (χ0n) is 11.2. The Morgan fingerprint density at radius 1 is 1.55 bits per heavy atom. The second-order valence-electron chi connectivity index (χ2n) is 5.13. The molecule has 1 aliphatic heterocycles. The van der Waals surface area contributed by atoms with Gasteiger partial charge in [-0.3, -0.25) is 4.79 Å². The summed E-state index contributed by atoms with van der Waals surface area (Å²) in [7, 11) is 0. The topological polar surface area (TPSA) is 95.2 Å². The molecule has 1 fully saturated rings. The number of nitrogens with one attached hydrogen (secondary N) is 1. The van der Waals surface area contributed by atoms with E-state index in [2.05, 4.69) is 15.4 Å². The summed E-state index contributed by atoms with van der Waals surface area (Å²) >= 11 is 0. The molecule has 2 N–H and O–H groups in total. The van der Waals surface area contributed by atoms with Crippen molar-refractivity contribution < 1.29 is 14.3 Å². The molecule has 1 saturated heterocycles. The predicted molar refractivity (Wildman–Crippen MR) is 68.9 cm³/mol. The number of likely N-dealkylation sites (tertiary alicyclic amines) is 1. The van der Waals surface area contributed by atoms with Crippen molar-refractivity contribution in [3.63, 3.8) is 0 Å². The second-order valence-corrected chi connectivity index (χ2v) is 5.13. The van der Waals surface area contributed by atoms with Crippen molar-refractivity contribution in [2.45, 2.75) is 25.4 Å². The molecule has 2 aromatic rings. The van der Waals surface area contributed by atoms with Crippen molar-refractivity contribution in [2.75, 3.05) is 13.1 Å². The molecule has 0 saturated carbocycles. The summed E-state index contributed by atoms with van der Waals surface area (Å²) in [5.41, 5.74) is -0.687. The van der Waals surface area contributed by atoms with Crippen LogP contribution in [0.2, 0.25) is 0 Å². The maximum atomic E-state index is 12.3. The molecule has 3 rings (SSSR count). The molecular formula is C13H16N4O3. The zero-order valence-corrected chi connectivity index (χ0v) is 11.2. The van der Waals surface area contributed by atoms with Crippen LogP contribution in [0.3, 0.4) is 0 Å². The number of aryl methyl sites for hydroxylation is 1. The lowest BCUT2D eigenvalue weighted by atomic mass is 9.90. The van der Waals surface area contributed by atoms with Crippen LogP contribution in [0, 0.1) is 6.92 Å². The molecule has 0 spiro atoms. The molecule has 7 heteroatoms. The number of aromatic nitrogens is 3. The molecule has 0 aromatic carbocycles. The van der Waals surface area contributed by atoms with E-state index < -0.39 is 5.60 Å². The molecule has 106 valence electrons. The molecule has 7 nitrogen and oxygen atoms in total. The third-order valence-electron chi connectivity index (χ3n) is 3.60. The number of hydrogen-bond donors (Lipinski definition) is 2. The molecule has 1 aliphatic rings. The van der Waals surface area contributed by atoms with Crippen molar-refractivity contribution in [3.8, 4) is 0 Å². The Morgan fingerprint density at radius 2 is 2.40 bits per heavy atom. The van der Waals surface area contributed by atoms with Crippen molar-refractivity contribution in [1.82, 2.24) is 20.3 Å². The number of aromatic amines is 1. The molecule has 0 aliphatic carbocycles. The number of hydrogen-bond acceptors (Lipinski definition) is 5. The van der Waals surface area contributed by atoms with Crippen LogP contribution in [0.1, 0.15) is 34.9 Å². The summed E-state index contributed by atoms with van der Waals surface area (Å²) in [6.45, 7) is 2.58. The molecular weight excluding hydrogens is 260 g/mol. The van der Waals surface area contributed by atoms with E-state index in [1.165, 1.54) is 6.20 Å². The van der Waals surface area contributed by atoms with Crippen LogP contribution < -0.4 is 0 Å². The highest BCUT2D eigenvalue weighted by Gasteiger charge is 2.39. The number of nitrogens with zero attached hydrogens (tertiary/aromatic N) is 3. The standard InChI is InChI=1S/C13H16N4O3/c1-9-3-4-10(20-9)12(18)17-6-2-5-13(19,8-17)11-7-14-16-15-11/h3-4,7,19H,2,5-6,8H2,1H3,(H,14,15,16). The molecule has 1 atom stereocenters. The van der Waals surface area contributed by atoms with E-state index in [0.717, 1.165) is 0 Å². The maximum Gasteiger partial charge on any atom is 0.289 e. The molecule has 0 radical (unpaired) electrons. The van der Waals surface area contributed by atoms with Gasteiger partial charge in [0.05, 0.1) is 12.7 Å². The third-order valence-corrected chi connectivity index (χ3v) is 3.60. The highest BCUT2D eigenvalue weighted by molar-refractivity contribution is 5.91. The summed E-state index contributed by atoms with van der Waals surface area (Å²) < 4.78 is 5.35. The predicted octanol–water partition coefficient (Wildman–Crippen LogP) is 0.830. The van der Waals surface area contributed by atoms with Gasteiger partial charge in [0, 0.05) is 6.54 Å². The van der Waals surface area contributed by atoms with Crippen LogP contribution in [-0.4, -0.2) is 44.4 Å². The summed E-state index contributed by atoms with van der Waals surface area (Å²) in [4.78, 5) is 13.9. The quantitative estimate of drug-likeness (QED) is 0.847. The van der Waals surface area contributed by atoms with Gasteiger partial charge >= 0.3 is 0 Å². The third kappa shape index (κ3) is 2.20. The van der Waals surface area contributed by atoms with Crippen molar-refractivity contribution in [2.24, 2.45) is 0 Å². The first-order chi connectivity index (χ1) is 9.58. The Bertz CT molecular complexity index is 607. The second kappa shape index (κ2) is 4.75. The number of piperidine rings is 1. The van der Waals surface area contributed by atoms with Crippen LogP contribution in [0.15, 0.2) is 22.7 Å². The largest absolute Gasteiger partial charge is 0.456 e. The van der Waals surface area contributed by atoms with E-state index in [9.17, 15) is 9.90 Å².